The normalized spacial score (nSPS) is 10.3. The molecule has 1 amide bonds. The first-order chi connectivity index (χ1) is 11.4. The Kier molecular flexibility index (Phi) is 6.09. The zero-order chi connectivity index (χ0) is 17.7. The van der Waals surface area contributed by atoms with Crippen LogP contribution in [-0.4, -0.2) is 30.2 Å². The van der Waals surface area contributed by atoms with Crippen molar-refractivity contribution < 1.29 is 18.7 Å². The lowest BCUT2D eigenvalue weighted by molar-refractivity contribution is -0.128. The monoisotopic (exact) mass is 393 g/mol. The molecule has 0 N–H and O–H groups in total. The smallest absolute Gasteiger partial charge is 0.219 e. The van der Waals surface area contributed by atoms with Gasteiger partial charge in [0.1, 0.15) is 11.6 Å². The molecule has 0 unspecified atom stereocenters. The molecule has 2 aromatic rings. The standard InChI is InChI=1S/C18H17BrFNO3/c1-12(22)21(2)10-13-3-5-14(6-4-13)17(23)11-24-18-8-7-15(20)9-16(18)19/h3-9H,10-11H2,1-2H3. The Balaban J connectivity index is 1.96. The van der Waals surface area contributed by atoms with Gasteiger partial charge in [-0.2, -0.15) is 0 Å². The first-order valence-corrected chi connectivity index (χ1v) is 8.08. The van der Waals surface area contributed by atoms with Crippen molar-refractivity contribution >= 4 is 27.6 Å². The van der Waals surface area contributed by atoms with E-state index in [1.54, 1.807) is 36.2 Å². The van der Waals surface area contributed by atoms with Crippen LogP contribution in [0.25, 0.3) is 0 Å². The van der Waals surface area contributed by atoms with Crippen LogP contribution in [0, 0.1) is 5.82 Å². The third kappa shape index (κ3) is 4.89. The molecule has 0 spiro atoms. The summed E-state index contributed by atoms with van der Waals surface area (Å²) >= 11 is 3.19. The molecule has 2 aromatic carbocycles. The summed E-state index contributed by atoms with van der Waals surface area (Å²) in [5.41, 5.74) is 1.45. The summed E-state index contributed by atoms with van der Waals surface area (Å²) in [4.78, 5) is 25.0. The third-order valence-electron chi connectivity index (χ3n) is 3.49. The van der Waals surface area contributed by atoms with E-state index < -0.39 is 0 Å². The van der Waals surface area contributed by atoms with Crippen LogP contribution in [0.5, 0.6) is 5.75 Å². The number of ketones is 1. The summed E-state index contributed by atoms with van der Waals surface area (Å²) in [7, 11) is 1.72. The molecule has 0 aliphatic carbocycles. The molecule has 0 atom stereocenters. The molecular formula is C18H17BrFNO3. The fraction of sp³-hybridized carbons (Fsp3) is 0.222. The molecule has 0 aromatic heterocycles. The van der Waals surface area contributed by atoms with Gasteiger partial charge in [-0.1, -0.05) is 24.3 Å². The number of nitrogens with zero attached hydrogens (tertiary/aromatic N) is 1. The Labute approximate surface area is 148 Å². The number of ether oxygens (including phenoxy) is 1. The fourth-order valence-electron chi connectivity index (χ4n) is 2.00. The molecule has 0 fully saturated rings. The highest BCUT2D eigenvalue weighted by Gasteiger charge is 2.10. The summed E-state index contributed by atoms with van der Waals surface area (Å²) in [5, 5.41) is 0. The highest BCUT2D eigenvalue weighted by Crippen LogP contribution is 2.25. The maximum atomic E-state index is 13.0. The lowest BCUT2D eigenvalue weighted by Crippen LogP contribution is -2.23. The van der Waals surface area contributed by atoms with Crippen molar-refractivity contribution in [3.05, 3.63) is 63.9 Å². The van der Waals surface area contributed by atoms with E-state index in [2.05, 4.69) is 15.9 Å². The minimum absolute atomic E-state index is 0.0200. The van der Waals surface area contributed by atoms with Crippen LogP contribution in [0.3, 0.4) is 0 Å². The summed E-state index contributed by atoms with van der Waals surface area (Å²) in [6.45, 7) is 1.85. The molecule has 0 aliphatic heterocycles. The Morgan fingerprint density at radius 2 is 1.83 bits per heavy atom. The van der Waals surface area contributed by atoms with Gasteiger partial charge in [-0.3, -0.25) is 9.59 Å². The zero-order valence-electron chi connectivity index (χ0n) is 13.4. The van der Waals surface area contributed by atoms with Crippen LogP contribution in [0.4, 0.5) is 4.39 Å². The van der Waals surface area contributed by atoms with E-state index >= 15 is 0 Å². The Morgan fingerprint density at radius 3 is 2.42 bits per heavy atom. The van der Waals surface area contributed by atoms with Gasteiger partial charge in [0, 0.05) is 26.1 Å². The van der Waals surface area contributed by atoms with Gasteiger partial charge in [0.25, 0.3) is 0 Å². The van der Waals surface area contributed by atoms with Crippen molar-refractivity contribution in [2.45, 2.75) is 13.5 Å². The van der Waals surface area contributed by atoms with Gasteiger partial charge in [0.15, 0.2) is 12.4 Å². The van der Waals surface area contributed by atoms with E-state index in [0.29, 0.717) is 22.3 Å². The van der Waals surface area contributed by atoms with Crippen molar-refractivity contribution in [3.8, 4) is 5.75 Å². The first kappa shape index (κ1) is 18.1. The number of carbonyl (C=O) groups excluding carboxylic acids is 2. The van der Waals surface area contributed by atoms with Crippen LogP contribution < -0.4 is 4.74 Å². The van der Waals surface area contributed by atoms with Crippen LogP contribution in [-0.2, 0) is 11.3 Å². The molecule has 6 heteroatoms. The van der Waals surface area contributed by atoms with Gasteiger partial charge in [-0.25, -0.2) is 4.39 Å². The number of hydrogen-bond acceptors (Lipinski definition) is 3. The molecule has 0 aliphatic rings. The molecule has 0 saturated heterocycles. The van der Waals surface area contributed by atoms with E-state index in [-0.39, 0.29) is 24.1 Å². The second-order valence-corrected chi connectivity index (χ2v) is 6.21. The van der Waals surface area contributed by atoms with Gasteiger partial charge in [0.05, 0.1) is 4.47 Å². The van der Waals surface area contributed by atoms with Crippen molar-refractivity contribution in [1.29, 1.82) is 0 Å². The maximum absolute atomic E-state index is 13.0. The second kappa shape index (κ2) is 8.06. The summed E-state index contributed by atoms with van der Waals surface area (Å²) < 4.78 is 18.9. The van der Waals surface area contributed by atoms with E-state index in [0.717, 1.165) is 5.56 Å². The predicted octanol–water partition coefficient (Wildman–Crippen LogP) is 3.83. The average molecular weight is 394 g/mol. The Morgan fingerprint density at radius 1 is 1.17 bits per heavy atom. The van der Waals surface area contributed by atoms with Crippen molar-refractivity contribution in [3.63, 3.8) is 0 Å². The lowest BCUT2D eigenvalue weighted by Gasteiger charge is -2.14. The molecule has 126 valence electrons. The van der Waals surface area contributed by atoms with E-state index in [9.17, 15) is 14.0 Å². The Hall–Kier alpha value is -2.21. The van der Waals surface area contributed by atoms with Crippen molar-refractivity contribution in [1.82, 2.24) is 4.90 Å². The topological polar surface area (TPSA) is 46.6 Å². The molecule has 2 rings (SSSR count). The predicted molar refractivity (Wildman–Crippen MR) is 92.5 cm³/mol. The molecule has 0 radical (unpaired) electrons. The highest BCUT2D eigenvalue weighted by atomic mass is 79.9. The molecule has 0 heterocycles. The van der Waals surface area contributed by atoms with Gasteiger partial charge in [-0.05, 0) is 39.7 Å². The number of carbonyl (C=O) groups is 2. The highest BCUT2D eigenvalue weighted by molar-refractivity contribution is 9.10. The number of Topliss-reactive ketones (excluding diaryl/α,β-unsaturated/α-hetero) is 1. The lowest BCUT2D eigenvalue weighted by atomic mass is 10.1. The molecule has 0 bridgehead atoms. The van der Waals surface area contributed by atoms with Crippen LogP contribution in [0.1, 0.15) is 22.8 Å². The minimum Gasteiger partial charge on any atom is -0.484 e. The van der Waals surface area contributed by atoms with E-state index in [1.807, 2.05) is 0 Å². The van der Waals surface area contributed by atoms with Crippen LogP contribution in [0.2, 0.25) is 0 Å². The van der Waals surface area contributed by atoms with Gasteiger partial charge < -0.3 is 9.64 Å². The van der Waals surface area contributed by atoms with Gasteiger partial charge in [0.2, 0.25) is 5.91 Å². The summed E-state index contributed by atoms with van der Waals surface area (Å²) in [6.07, 6.45) is 0. The summed E-state index contributed by atoms with van der Waals surface area (Å²) in [5.74, 6) is -0.178. The number of amides is 1. The van der Waals surface area contributed by atoms with Crippen molar-refractivity contribution in [2.24, 2.45) is 0 Å². The van der Waals surface area contributed by atoms with Gasteiger partial charge in [-0.15, -0.1) is 0 Å². The first-order valence-electron chi connectivity index (χ1n) is 7.28. The Bertz CT molecular complexity index is 746. The van der Waals surface area contributed by atoms with E-state index in [1.165, 1.54) is 25.1 Å². The van der Waals surface area contributed by atoms with Crippen LogP contribution in [0.15, 0.2) is 46.9 Å². The zero-order valence-corrected chi connectivity index (χ0v) is 15.0. The quantitative estimate of drug-likeness (QED) is 0.700. The number of benzene rings is 2. The van der Waals surface area contributed by atoms with E-state index in [4.69, 9.17) is 4.74 Å². The number of hydrogen-bond donors (Lipinski definition) is 0. The minimum atomic E-state index is -0.383. The summed E-state index contributed by atoms with van der Waals surface area (Å²) in [6, 6.07) is 11.0. The molecule has 24 heavy (non-hydrogen) atoms. The number of rotatable bonds is 6. The third-order valence-corrected chi connectivity index (χ3v) is 4.11. The maximum Gasteiger partial charge on any atom is 0.219 e. The van der Waals surface area contributed by atoms with Crippen LogP contribution >= 0.6 is 15.9 Å². The van der Waals surface area contributed by atoms with Gasteiger partial charge >= 0.3 is 0 Å². The number of halogens is 2. The molecule has 0 saturated carbocycles. The molecular weight excluding hydrogens is 377 g/mol. The SMILES string of the molecule is CC(=O)N(C)Cc1ccc(C(=O)COc2ccc(F)cc2Br)cc1. The fourth-order valence-corrected chi connectivity index (χ4v) is 2.47. The molecule has 4 nitrogen and oxygen atoms in total. The largest absolute Gasteiger partial charge is 0.484 e. The average Bonchev–Trinajstić information content (AvgIpc) is 2.54. The second-order valence-electron chi connectivity index (χ2n) is 5.36. The van der Waals surface area contributed by atoms with Crippen molar-refractivity contribution in [2.75, 3.05) is 13.7 Å².